The largest absolute Gasteiger partial charge is 0.461 e. The molecule has 0 atom stereocenters. The molecule has 0 N–H and O–H groups in total. The number of aromatic nitrogens is 5. The van der Waals surface area contributed by atoms with Crippen LogP contribution in [-0.4, -0.2) is 43.8 Å². The lowest BCUT2D eigenvalue weighted by Gasteiger charge is -2.06. The molecule has 0 radical (unpaired) electrons. The molecule has 2 aromatic rings. The summed E-state index contributed by atoms with van der Waals surface area (Å²) in [6.07, 6.45) is 3.30. The van der Waals surface area contributed by atoms with Gasteiger partial charge in [-0.3, -0.25) is 0 Å². The van der Waals surface area contributed by atoms with Gasteiger partial charge in [-0.05, 0) is 6.92 Å². The average molecular weight is 267 g/mol. The van der Waals surface area contributed by atoms with Crippen molar-refractivity contribution in [2.75, 3.05) is 13.3 Å². The highest BCUT2D eigenvalue weighted by molar-refractivity contribution is 5.93. The number of carbonyl (C=O) groups excluding carboxylic acids is 1. The van der Waals surface area contributed by atoms with E-state index in [1.165, 1.54) is 4.68 Å². The third-order valence-electron chi connectivity index (χ3n) is 2.53. The van der Waals surface area contributed by atoms with Gasteiger partial charge in [0.15, 0.2) is 5.82 Å². The van der Waals surface area contributed by atoms with E-state index in [2.05, 4.69) is 15.3 Å². The number of carbonyl (C=O) groups is 1. The summed E-state index contributed by atoms with van der Waals surface area (Å²) in [7, 11) is 1.77. The Kier molecular flexibility index (Phi) is 3.88. The lowest BCUT2D eigenvalue weighted by atomic mass is 10.3. The quantitative estimate of drug-likeness (QED) is 0.750. The van der Waals surface area contributed by atoms with Crippen LogP contribution in [0.1, 0.15) is 17.4 Å². The first-order valence-corrected chi connectivity index (χ1v) is 5.83. The van der Waals surface area contributed by atoms with E-state index in [0.717, 1.165) is 0 Å². The highest BCUT2D eigenvalue weighted by Gasteiger charge is 2.24. The van der Waals surface area contributed by atoms with Crippen molar-refractivity contribution in [2.45, 2.75) is 13.5 Å². The Hall–Kier alpha value is -2.25. The van der Waals surface area contributed by atoms with E-state index in [1.54, 1.807) is 30.9 Å². The molecule has 8 heteroatoms. The molecule has 0 saturated carbocycles. The molecular formula is C11H14FN5O2. The standard InChI is InChI=1S/C11H14FN5O2/c1-3-19-11(18)8-9(10-13-5-7-16(10)2)17(6-4-12)15-14-8/h5,7H,3-4,6H2,1-2H3. The molecule has 0 bridgehead atoms. The van der Waals surface area contributed by atoms with Gasteiger partial charge in [0.25, 0.3) is 0 Å². The summed E-state index contributed by atoms with van der Waals surface area (Å²) in [5.41, 5.74) is 0.410. The van der Waals surface area contributed by atoms with Crippen LogP contribution in [-0.2, 0) is 18.3 Å². The molecule has 7 nitrogen and oxygen atoms in total. The lowest BCUT2D eigenvalue weighted by Crippen LogP contribution is -2.11. The number of rotatable bonds is 5. The first-order chi connectivity index (χ1) is 9.19. The van der Waals surface area contributed by atoms with E-state index < -0.39 is 12.6 Å². The fourth-order valence-corrected chi connectivity index (χ4v) is 1.70. The average Bonchev–Trinajstić information content (AvgIpc) is 2.96. The molecule has 0 aliphatic heterocycles. The fraction of sp³-hybridized carbons (Fsp3) is 0.455. The van der Waals surface area contributed by atoms with Gasteiger partial charge in [0.1, 0.15) is 12.4 Å². The van der Waals surface area contributed by atoms with Gasteiger partial charge in [-0.15, -0.1) is 5.10 Å². The molecule has 0 aliphatic carbocycles. The maximum absolute atomic E-state index is 12.5. The molecular weight excluding hydrogens is 253 g/mol. The van der Waals surface area contributed by atoms with E-state index in [-0.39, 0.29) is 18.8 Å². The Bertz CT molecular complexity index is 577. The zero-order valence-electron chi connectivity index (χ0n) is 10.7. The summed E-state index contributed by atoms with van der Waals surface area (Å²) in [6, 6.07) is 0. The van der Waals surface area contributed by atoms with Crippen molar-refractivity contribution in [3.8, 4) is 11.5 Å². The van der Waals surface area contributed by atoms with Gasteiger partial charge in [-0.2, -0.15) is 0 Å². The molecule has 0 spiro atoms. The molecule has 0 amide bonds. The molecule has 2 heterocycles. The van der Waals surface area contributed by atoms with Crippen molar-refractivity contribution in [1.29, 1.82) is 0 Å². The van der Waals surface area contributed by atoms with Gasteiger partial charge in [0, 0.05) is 19.4 Å². The molecule has 102 valence electrons. The van der Waals surface area contributed by atoms with Crippen molar-refractivity contribution in [2.24, 2.45) is 7.05 Å². The molecule has 0 unspecified atom stereocenters. The van der Waals surface area contributed by atoms with Crippen LogP contribution >= 0.6 is 0 Å². The van der Waals surface area contributed by atoms with Crippen LogP contribution in [0.4, 0.5) is 4.39 Å². The van der Waals surface area contributed by atoms with E-state index >= 15 is 0 Å². The van der Waals surface area contributed by atoms with E-state index in [0.29, 0.717) is 11.5 Å². The Morgan fingerprint density at radius 3 is 2.89 bits per heavy atom. The molecule has 0 fully saturated rings. The summed E-state index contributed by atoms with van der Waals surface area (Å²) in [5.74, 6) is -0.105. The molecule has 0 saturated heterocycles. The molecule has 2 rings (SSSR count). The normalized spacial score (nSPS) is 10.7. The van der Waals surface area contributed by atoms with Gasteiger partial charge < -0.3 is 9.30 Å². The number of nitrogens with zero attached hydrogens (tertiary/aromatic N) is 5. The van der Waals surface area contributed by atoms with Gasteiger partial charge in [-0.1, -0.05) is 5.21 Å². The van der Waals surface area contributed by atoms with E-state index in [1.807, 2.05) is 0 Å². The van der Waals surface area contributed by atoms with Crippen molar-refractivity contribution in [3.05, 3.63) is 18.1 Å². The van der Waals surface area contributed by atoms with E-state index in [4.69, 9.17) is 4.74 Å². The molecule has 19 heavy (non-hydrogen) atoms. The number of hydrogen-bond donors (Lipinski definition) is 0. The predicted octanol–water partition coefficient (Wildman–Crippen LogP) is 0.825. The second kappa shape index (κ2) is 5.59. The highest BCUT2D eigenvalue weighted by Crippen LogP contribution is 2.20. The number of esters is 1. The summed E-state index contributed by atoms with van der Waals surface area (Å²) < 4.78 is 20.5. The first-order valence-electron chi connectivity index (χ1n) is 5.83. The van der Waals surface area contributed by atoms with Crippen molar-refractivity contribution in [1.82, 2.24) is 24.5 Å². The smallest absolute Gasteiger partial charge is 0.361 e. The second-order valence-corrected chi connectivity index (χ2v) is 3.78. The van der Waals surface area contributed by atoms with Crippen LogP contribution < -0.4 is 0 Å². The molecule has 0 aromatic carbocycles. The van der Waals surface area contributed by atoms with Gasteiger partial charge in [-0.25, -0.2) is 18.9 Å². The van der Waals surface area contributed by atoms with Gasteiger partial charge >= 0.3 is 5.97 Å². The number of halogens is 1. The molecule has 2 aromatic heterocycles. The van der Waals surface area contributed by atoms with Crippen LogP contribution in [0, 0.1) is 0 Å². The van der Waals surface area contributed by atoms with Crippen molar-refractivity contribution < 1.29 is 13.9 Å². The van der Waals surface area contributed by atoms with Crippen LogP contribution in [0.25, 0.3) is 11.5 Å². The number of imidazole rings is 1. The van der Waals surface area contributed by atoms with Crippen LogP contribution in [0.5, 0.6) is 0 Å². The topological polar surface area (TPSA) is 74.8 Å². The summed E-state index contributed by atoms with van der Waals surface area (Å²) in [6.45, 7) is 1.33. The number of ether oxygens (including phenoxy) is 1. The van der Waals surface area contributed by atoms with Crippen molar-refractivity contribution in [3.63, 3.8) is 0 Å². The Morgan fingerprint density at radius 1 is 1.53 bits per heavy atom. The monoisotopic (exact) mass is 267 g/mol. The predicted molar refractivity (Wildman–Crippen MR) is 64.2 cm³/mol. The minimum Gasteiger partial charge on any atom is -0.461 e. The fourth-order valence-electron chi connectivity index (χ4n) is 1.70. The highest BCUT2D eigenvalue weighted by atomic mass is 19.1. The Labute approximate surface area is 109 Å². The number of hydrogen-bond acceptors (Lipinski definition) is 5. The summed E-state index contributed by atoms with van der Waals surface area (Å²) in [4.78, 5) is 16.0. The minimum absolute atomic E-state index is 0.00853. The van der Waals surface area contributed by atoms with E-state index in [9.17, 15) is 9.18 Å². The maximum Gasteiger partial charge on any atom is 0.361 e. The lowest BCUT2D eigenvalue weighted by molar-refractivity contribution is 0.0520. The number of aryl methyl sites for hydroxylation is 2. The first kappa shape index (κ1) is 13.2. The van der Waals surface area contributed by atoms with Crippen LogP contribution in [0.15, 0.2) is 12.4 Å². The zero-order chi connectivity index (χ0) is 13.8. The van der Waals surface area contributed by atoms with Crippen LogP contribution in [0.3, 0.4) is 0 Å². The number of alkyl halides is 1. The van der Waals surface area contributed by atoms with Crippen LogP contribution in [0.2, 0.25) is 0 Å². The summed E-state index contributed by atoms with van der Waals surface area (Å²) in [5, 5.41) is 7.55. The van der Waals surface area contributed by atoms with Crippen molar-refractivity contribution >= 4 is 5.97 Å². The zero-order valence-corrected chi connectivity index (χ0v) is 10.7. The maximum atomic E-state index is 12.5. The third-order valence-corrected chi connectivity index (χ3v) is 2.53. The van der Waals surface area contributed by atoms with Gasteiger partial charge in [0.2, 0.25) is 5.69 Å². The Morgan fingerprint density at radius 2 is 2.32 bits per heavy atom. The third kappa shape index (κ3) is 2.47. The molecule has 0 aliphatic rings. The SMILES string of the molecule is CCOC(=O)c1nnn(CCF)c1-c1nccn1C. The summed E-state index contributed by atoms with van der Waals surface area (Å²) >= 11 is 0. The van der Waals surface area contributed by atoms with Gasteiger partial charge in [0.05, 0.1) is 13.2 Å². The second-order valence-electron chi connectivity index (χ2n) is 3.78. The Balaban J connectivity index is 2.51. The minimum atomic E-state index is -0.608.